The van der Waals surface area contributed by atoms with E-state index < -0.39 is 15.4 Å². The zero-order chi connectivity index (χ0) is 22.5. The van der Waals surface area contributed by atoms with Gasteiger partial charge >= 0.3 is 0 Å². The summed E-state index contributed by atoms with van der Waals surface area (Å²) < 4.78 is 33.0. The number of ether oxygens (including phenoxy) is 1. The highest BCUT2D eigenvalue weighted by molar-refractivity contribution is 7.91. The van der Waals surface area contributed by atoms with Crippen molar-refractivity contribution in [1.82, 2.24) is 29.9 Å². The third kappa shape index (κ3) is 3.79. The molecule has 11 heteroatoms. The van der Waals surface area contributed by atoms with Crippen LogP contribution in [0.15, 0.2) is 24.5 Å². The lowest BCUT2D eigenvalue weighted by atomic mass is 10.0. The van der Waals surface area contributed by atoms with Crippen LogP contribution in [0.2, 0.25) is 0 Å². The zero-order valence-electron chi connectivity index (χ0n) is 18.1. The number of rotatable bonds is 4. The summed E-state index contributed by atoms with van der Waals surface area (Å²) in [5, 5.41) is 12.0. The van der Waals surface area contributed by atoms with Crippen LogP contribution >= 0.6 is 0 Å². The number of hydrogen-bond acceptors (Lipinski definition) is 7. The summed E-state index contributed by atoms with van der Waals surface area (Å²) in [4.78, 5) is 17.6. The molecule has 1 atom stereocenters. The van der Waals surface area contributed by atoms with E-state index in [-0.39, 0.29) is 23.5 Å². The van der Waals surface area contributed by atoms with Gasteiger partial charge in [-0.25, -0.2) is 8.42 Å². The Morgan fingerprint density at radius 2 is 2.09 bits per heavy atom. The topological polar surface area (TPSA) is 121 Å². The smallest absolute Gasteiger partial charge is 0.253 e. The Bertz CT molecular complexity index is 1290. The predicted octanol–water partition coefficient (Wildman–Crippen LogP) is 1.49. The van der Waals surface area contributed by atoms with E-state index in [1.807, 2.05) is 17.8 Å². The molecule has 5 heterocycles. The van der Waals surface area contributed by atoms with Crippen molar-refractivity contribution in [3.8, 4) is 11.4 Å². The van der Waals surface area contributed by atoms with Crippen molar-refractivity contribution in [2.75, 3.05) is 24.7 Å². The fourth-order valence-electron chi connectivity index (χ4n) is 4.59. The van der Waals surface area contributed by atoms with Crippen LogP contribution in [0.5, 0.6) is 0 Å². The molecule has 0 unspecified atom stereocenters. The van der Waals surface area contributed by atoms with Gasteiger partial charge in [0.2, 0.25) is 0 Å². The molecule has 0 spiro atoms. The van der Waals surface area contributed by atoms with E-state index >= 15 is 0 Å². The molecule has 3 aromatic rings. The summed E-state index contributed by atoms with van der Waals surface area (Å²) in [6, 6.07) is 3.83. The standard InChI is InChI=1S/C21H26N6O4S/c1-21(6-10-32(29,30)13-21)24-20(28)14-11-17-18(22-12-14)19(16-3-7-23-26(16)2)25-27(17)15-4-8-31-9-5-15/h3,7,11-12,15H,4-6,8-10,13H2,1-2H3,(H,24,28)/t21-/m0/s1. The quantitative estimate of drug-likeness (QED) is 0.629. The number of hydrogen-bond donors (Lipinski definition) is 1. The van der Waals surface area contributed by atoms with Gasteiger partial charge in [-0.2, -0.15) is 10.2 Å². The van der Waals surface area contributed by atoms with E-state index in [0.29, 0.717) is 36.4 Å². The van der Waals surface area contributed by atoms with Crippen LogP contribution in [-0.2, 0) is 21.6 Å². The van der Waals surface area contributed by atoms with Gasteiger partial charge in [-0.3, -0.25) is 19.1 Å². The molecule has 0 aromatic carbocycles. The minimum atomic E-state index is -3.13. The van der Waals surface area contributed by atoms with E-state index in [2.05, 4.69) is 15.4 Å². The molecule has 2 aliphatic rings. The van der Waals surface area contributed by atoms with Crippen LogP contribution in [0.25, 0.3) is 22.4 Å². The van der Waals surface area contributed by atoms with E-state index in [1.165, 1.54) is 6.20 Å². The maximum atomic E-state index is 13.0. The number of carbonyl (C=O) groups excluding carboxylic acids is 1. The molecular weight excluding hydrogens is 432 g/mol. The summed E-state index contributed by atoms with van der Waals surface area (Å²) in [5.41, 5.74) is 2.64. The number of amides is 1. The Balaban J connectivity index is 1.55. The highest BCUT2D eigenvalue weighted by Gasteiger charge is 2.39. The van der Waals surface area contributed by atoms with Gasteiger partial charge in [0, 0.05) is 32.7 Å². The SMILES string of the molecule is Cn1nccc1-c1nn(C2CCOCC2)c2cc(C(=O)N[C@@]3(C)CCS(=O)(=O)C3)cnc12. The Hall–Kier alpha value is -2.79. The fourth-order valence-corrected chi connectivity index (χ4v) is 6.68. The van der Waals surface area contributed by atoms with Crippen LogP contribution in [-0.4, -0.2) is 69.1 Å². The molecule has 5 rings (SSSR count). The van der Waals surface area contributed by atoms with Gasteiger partial charge in [0.15, 0.2) is 9.84 Å². The predicted molar refractivity (Wildman–Crippen MR) is 118 cm³/mol. The number of aryl methyl sites for hydroxylation is 1. The first-order chi connectivity index (χ1) is 15.2. The lowest BCUT2D eigenvalue weighted by Gasteiger charge is -2.24. The average molecular weight is 459 g/mol. The molecule has 0 aliphatic carbocycles. The molecule has 0 bridgehead atoms. The average Bonchev–Trinajstić information content (AvgIpc) is 3.42. The molecule has 2 fully saturated rings. The summed E-state index contributed by atoms with van der Waals surface area (Å²) >= 11 is 0. The Morgan fingerprint density at radius 1 is 1.31 bits per heavy atom. The monoisotopic (exact) mass is 458 g/mol. The van der Waals surface area contributed by atoms with Crippen LogP contribution in [0, 0.1) is 0 Å². The van der Waals surface area contributed by atoms with Gasteiger partial charge in [0.05, 0.1) is 39.9 Å². The summed E-state index contributed by atoms with van der Waals surface area (Å²) in [5.74, 6) is -0.293. The summed E-state index contributed by atoms with van der Waals surface area (Å²) in [7, 11) is -1.27. The normalized spacial score (nSPS) is 23.6. The van der Waals surface area contributed by atoms with E-state index in [0.717, 1.165) is 24.1 Å². The van der Waals surface area contributed by atoms with Gasteiger partial charge in [-0.15, -0.1) is 0 Å². The van der Waals surface area contributed by atoms with Crippen molar-refractivity contribution in [2.24, 2.45) is 7.05 Å². The van der Waals surface area contributed by atoms with Gasteiger partial charge < -0.3 is 10.1 Å². The minimum absolute atomic E-state index is 0.0495. The second-order valence-corrected chi connectivity index (χ2v) is 11.1. The van der Waals surface area contributed by atoms with Crippen molar-refractivity contribution in [3.05, 3.63) is 30.1 Å². The molecular formula is C21H26N6O4S. The largest absolute Gasteiger partial charge is 0.381 e. The number of sulfone groups is 1. The van der Waals surface area contributed by atoms with Crippen LogP contribution in [0.3, 0.4) is 0 Å². The Morgan fingerprint density at radius 3 is 2.75 bits per heavy atom. The number of nitrogens with zero attached hydrogens (tertiary/aromatic N) is 5. The lowest BCUT2D eigenvalue weighted by Crippen LogP contribution is -2.46. The first-order valence-electron chi connectivity index (χ1n) is 10.7. The molecule has 3 aromatic heterocycles. The fraction of sp³-hybridized carbons (Fsp3) is 0.524. The number of fused-ring (bicyclic) bond motifs is 1. The highest BCUT2D eigenvalue weighted by Crippen LogP contribution is 2.32. The number of nitrogens with one attached hydrogen (secondary N) is 1. The summed E-state index contributed by atoms with van der Waals surface area (Å²) in [6.45, 7) is 3.09. The zero-order valence-corrected chi connectivity index (χ0v) is 18.9. The third-order valence-corrected chi connectivity index (χ3v) is 8.23. The van der Waals surface area contributed by atoms with E-state index in [9.17, 15) is 13.2 Å². The molecule has 2 saturated heterocycles. The maximum absolute atomic E-state index is 13.0. The molecule has 2 aliphatic heterocycles. The highest BCUT2D eigenvalue weighted by atomic mass is 32.2. The molecule has 170 valence electrons. The number of aromatic nitrogens is 5. The van der Waals surface area contributed by atoms with E-state index in [1.54, 1.807) is 23.9 Å². The Labute approximate surface area is 185 Å². The van der Waals surface area contributed by atoms with Crippen molar-refractivity contribution < 1.29 is 17.9 Å². The van der Waals surface area contributed by atoms with Crippen molar-refractivity contribution in [1.29, 1.82) is 0 Å². The third-order valence-electron chi connectivity index (χ3n) is 6.33. The van der Waals surface area contributed by atoms with Crippen LogP contribution in [0.4, 0.5) is 0 Å². The van der Waals surface area contributed by atoms with Crippen LogP contribution in [0.1, 0.15) is 42.6 Å². The number of carbonyl (C=O) groups is 1. The van der Waals surface area contributed by atoms with Gasteiger partial charge in [0.25, 0.3) is 5.91 Å². The first kappa shape index (κ1) is 21.1. The second-order valence-electron chi connectivity index (χ2n) is 8.93. The van der Waals surface area contributed by atoms with Gasteiger partial charge in [0.1, 0.15) is 11.2 Å². The van der Waals surface area contributed by atoms with Crippen molar-refractivity contribution in [2.45, 2.75) is 37.8 Å². The molecule has 1 amide bonds. The Kier molecular flexibility index (Phi) is 5.05. The molecule has 1 N–H and O–H groups in total. The molecule has 32 heavy (non-hydrogen) atoms. The minimum Gasteiger partial charge on any atom is -0.381 e. The maximum Gasteiger partial charge on any atom is 0.253 e. The molecule has 0 radical (unpaired) electrons. The van der Waals surface area contributed by atoms with E-state index in [4.69, 9.17) is 9.84 Å². The lowest BCUT2D eigenvalue weighted by molar-refractivity contribution is 0.0675. The first-order valence-corrected chi connectivity index (χ1v) is 12.5. The van der Waals surface area contributed by atoms with Crippen molar-refractivity contribution in [3.63, 3.8) is 0 Å². The summed E-state index contributed by atoms with van der Waals surface area (Å²) in [6.07, 6.45) is 5.30. The van der Waals surface area contributed by atoms with Crippen LogP contribution < -0.4 is 5.32 Å². The van der Waals surface area contributed by atoms with Crippen molar-refractivity contribution >= 4 is 26.8 Å². The van der Waals surface area contributed by atoms with Gasteiger partial charge in [-0.1, -0.05) is 0 Å². The molecule has 10 nitrogen and oxygen atoms in total. The number of pyridine rings is 1. The second kappa shape index (κ2) is 7.66. The molecule has 0 saturated carbocycles. The van der Waals surface area contributed by atoms with Gasteiger partial charge in [-0.05, 0) is 38.3 Å².